The van der Waals surface area contributed by atoms with Gasteiger partial charge in [-0.1, -0.05) is 0 Å². The molecule has 2 rings (SSSR count). The lowest BCUT2D eigenvalue weighted by Crippen LogP contribution is -2.23. The molecule has 1 aliphatic heterocycles. The van der Waals surface area contributed by atoms with Crippen LogP contribution in [-0.4, -0.2) is 35.7 Å². The van der Waals surface area contributed by atoms with E-state index >= 15 is 0 Å². The van der Waals surface area contributed by atoms with E-state index in [9.17, 15) is 4.79 Å². The molecular formula is C11H15N3O2. The number of aromatic carboxylic acids is 1. The number of nitrogens with zero attached hydrogens (tertiary/aromatic N) is 2. The average Bonchev–Trinajstić information content (AvgIpc) is 2.77. The van der Waals surface area contributed by atoms with Gasteiger partial charge in [0.1, 0.15) is 5.82 Å². The van der Waals surface area contributed by atoms with Gasteiger partial charge in [-0.05, 0) is 31.0 Å². The van der Waals surface area contributed by atoms with E-state index in [2.05, 4.69) is 9.88 Å². The number of aromatic nitrogens is 1. The van der Waals surface area contributed by atoms with Crippen LogP contribution in [0.5, 0.6) is 0 Å². The first-order chi connectivity index (χ1) is 7.70. The third-order valence-electron chi connectivity index (χ3n) is 2.94. The summed E-state index contributed by atoms with van der Waals surface area (Å²) in [5.74, 6) is 0.419. The van der Waals surface area contributed by atoms with Crippen molar-refractivity contribution in [2.75, 3.05) is 24.5 Å². The Morgan fingerprint density at radius 1 is 1.62 bits per heavy atom. The Morgan fingerprint density at radius 3 is 2.94 bits per heavy atom. The van der Waals surface area contributed by atoms with E-state index in [-0.39, 0.29) is 5.56 Å². The lowest BCUT2D eigenvalue weighted by atomic mass is 10.1. The van der Waals surface area contributed by atoms with Crippen molar-refractivity contribution in [3.8, 4) is 0 Å². The standard InChI is InChI=1S/C11H15N3O2/c12-5-8-3-4-14(7-8)10-2-1-9(6-13-10)11(15)16/h1-2,6,8H,3-5,7,12H2,(H,15,16). The molecule has 5 nitrogen and oxygen atoms in total. The fourth-order valence-corrected chi connectivity index (χ4v) is 1.93. The van der Waals surface area contributed by atoms with Gasteiger partial charge in [-0.25, -0.2) is 9.78 Å². The normalized spacial score (nSPS) is 20.1. The SMILES string of the molecule is NCC1CCN(c2ccc(C(=O)O)cn2)C1. The highest BCUT2D eigenvalue weighted by atomic mass is 16.4. The molecule has 0 bridgehead atoms. The van der Waals surface area contributed by atoms with Crippen molar-refractivity contribution in [2.45, 2.75) is 6.42 Å². The zero-order valence-electron chi connectivity index (χ0n) is 8.97. The van der Waals surface area contributed by atoms with Crippen molar-refractivity contribution >= 4 is 11.8 Å². The Bertz CT molecular complexity index is 377. The Morgan fingerprint density at radius 2 is 2.44 bits per heavy atom. The minimum absolute atomic E-state index is 0.221. The van der Waals surface area contributed by atoms with Gasteiger partial charge in [0.05, 0.1) is 5.56 Å². The van der Waals surface area contributed by atoms with Gasteiger partial charge in [0.15, 0.2) is 0 Å². The summed E-state index contributed by atoms with van der Waals surface area (Å²) in [6.07, 6.45) is 2.48. The van der Waals surface area contributed by atoms with Gasteiger partial charge in [-0.3, -0.25) is 0 Å². The van der Waals surface area contributed by atoms with Gasteiger partial charge in [0, 0.05) is 19.3 Å². The molecule has 5 heteroatoms. The molecule has 16 heavy (non-hydrogen) atoms. The molecule has 3 N–H and O–H groups in total. The summed E-state index contributed by atoms with van der Waals surface area (Å²) in [7, 11) is 0. The third kappa shape index (κ3) is 2.14. The van der Waals surface area contributed by atoms with Gasteiger partial charge < -0.3 is 15.7 Å². The summed E-state index contributed by atoms with van der Waals surface area (Å²) < 4.78 is 0. The molecule has 0 saturated carbocycles. The summed E-state index contributed by atoms with van der Waals surface area (Å²) in [6.45, 7) is 2.56. The second kappa shape index (κ2) is 4.49. The van der Waals surface area contributed by atoms with Crippen LogP contribution in [0.3, 0.4) is 0 Å². The lowest BCUT2D eigenvalue weighted by molar-refractivity contribution is 0.0696. The zero-order chi connectivity index (χ0) is 11.5. The molecule has 2 heterocycles. The molecule has 0 aliphatic carbocycles. The highest BCUT2D eigenvalue weighted by Crippen LogP contribution is 2.21. The highest BCUT2D eigenvalue weighted by Gasteiger charge is 2.22. The van der Waals surface area contributed by atoms with Crippen LogP contribution in [0.1, 0.15) is 16.8 Å². The molecule has 1 atom stereocenters. The van der Waals surface area contributed by atoms with E-state index < -0.39 is 5.97 Å². The smallest absolute Gasteiger partial charge is 0.337 e. The highest BCUT2D eigenvalue weighted by molar-refractivity contribution is 5.87. The van der Waals surface area contributed by atoms with Crippen molar-refractivity contribution in [3.05, 3.63) is 23.9 Å². The van der Waals surface area contributed by atoms with Crippen LogP contribution in [0.4, 0.5) is 5.82 Å². The minimum Gasteiger partial charge on any atom is -0.478 e. The number of hydrogen-bond acceptors (Lipinski definition) is 4. The fraction of sp³-hybridized carbons (Fsp3) is 0.455. The summed E-state index contributed by atoms with van der Waals surface area (Å²) >= 11 is 0. The maximum atomic E-state index is 10.7. The number of hydrogen-bond donors (Lipinski definition) is 2. The lowest BCUT2D eigenvalue weighted by Gasteiger charge is -2.16. The number of pyridine rings is 1. The number of rotatable bonds is 3. The van der Waals surface area contributed by atoms with Gasteiger partial charge in [0.2, 0.25) is 0 Å². The Balaban J connectivity index is 2.08. The Kier molecular flexibility index (Phi) is 3.05. The van der Waals surface area contributed by atoms with E-state index in [0.717, 1.165) is 25.3 Å². The predicted octanol–water partition coefficient (Wildman–Crippen LogP) is 0.565. The average molecular weight is 221 g/mol. The Labute approximate surface area is 93.9 Å². The van der Waals surface area contributed by atoms with Crippen molar-refractivity contribution in [3.63, 3.8) is 0 Å². The summed E-state index contributed by atoms with van der Waals surface area (Å²) in [5, 5.41) is 8.75. The quantitative estimate of drug-likeness (QED) is 0.779. The maximum Gasteiger partial charge on any atom is 0.337 e. The number of carbonyl (C=O) groups is 1. The first-order valence-electron chi connectivity index (χ1n) is 5.35. The maximum absolute atomic E-state index is 10.7. The monoisotopic (exact) mass is 221 g/mol. The Hall–Kier alpha value is -1.62. The molecule has 1 unspecified atom stereocenters. The topological polar surface area (TPSA) is 79.5 Å². The van der Waals surface area contributed by atoms with Crippen LogP contribution >= 0.6 is 0 Å². The van der Waals surface area contributed by atoms with Crippen LogP contribution in [0.25, 0.3) is 0 Å². The predicted molar refractivity (Wildman–Crippen MR) is 60.6 cm³/mol. The van der Waals surface area contributed by atoms with Crippen molar-refractivity contribution in [1.29, 1.82) is 0 Å². The van der Waals surface area contributed by atoms with Crippen LogP contribution in [0.15, 0.2) is 18.3 Å². The zero-order valence-corrected chi connectivity index (χ0v) is 8.97. The molecular weight excluding hydrogens is 206 g/mol. The summed E-state index contributed by atoms with van der Waals surface area (Å²) in [6, 6.07) is 3.34. The van der Waals surface area contributed by atoms with E-state index in [1.54, 1.807) is 12.1 Å². The van der Waals surface area contributed by atoms with Crippen LogP contribution in [-0.2, 0) is 0 Å². The largest absolute Gasteiger partial charge is 0.478 e. The fourth-order valence-electron chi connectivity index (χ4n) is 1.93. The number of carboxylic acids is 1. The molecule has 0 amide bonds. The van der Waals surface area contributed by atoms with Crippen LogP contribution in [0.2, 0.25) is 0 Å². The molecule has 0 aromatic carbocycles. The molecule has 1 aliphatic rings. The molecule has 0 radical (unpaired) electrons. The minimum atomic E-state index is -0.944. The first-order valence-corrected chi connectivity index (χ1v) is 5.35. The van der Waals surface area contributed by atoms with E-state index in [1.807, 2.05) is 0 Å². The molecule has 1 aromatic heterocycles. The number of nitrogens with two attached hydrogens (primary N) is 1. The van der Waals surface area contributed by atoms with Gasteiger partial charge in [-0.2, -0.15) is 0 Å². The van der Waals surface area contributed by atoms with Crippen LogP contribution in [0, 0.1) is 5.92 Å². The molecule has 86 valence electrons. The van der Waals surface area contributed by atoms with Gasteiger partial charge >= 0.3 is 5.97 Å². The number of anilines is 1. The van der Waals surface area contributed by atoms with Gasteiger partial charge in [-0.15, -0.1) is 0 Å². The molecule has 1 fully saturated rings. The van der Waals surface area contributed by atoms with E-state index in [0.29, 0.717) is 12.5 Å². The van der Waals surface area contributed by atoms with E-state index in [4.69, 9.17) is 10.8 Å². The molecule has 1 saturated heterocycles. The second-order valence-corrected chi connectivity index (χ2v) is 4.05. The van der Waals surface area contributed by atoms with Crippen molar-refractivity contribution < 1.29 is 9.90 Å². The second-order valence-electron chi connectivity index (χ2n) is 4.05. The van der Waals surface area contributed by atoms with Crippen molar-refractivity contribution in [1.82, 2.24) is 4.98 Å². The first kappa shape index (κ1) is 10.9. The van der Waals surface area contributed by atoms with E-state index in [1.165, 1.54) is 6.20 Å². The molecule has 0 spiro atoms. The summed E-state index contributed by atoms with van der Waals surface area (Å²) in [4.78, 5) is 17.0. The summed E-state index contributed by atoms with van der Waals surface area (Å²) in [5.41, 5.74) is 5.83. The number of carboxylic acid groups (broad SMARTS) is 1. The van der Waals surface area contributed by atoms with Gasteiger partial charge in [0.25, 0.3) is 0 Å². The van der Waals surface area contributed by atoms with Crippen molar-refractivity contribution in [2.24, 2.45) is 11.7 Å². The molecule has 1 aromatic rings. The van der Waals surface area contributed by atoms with Crippen LogP contribution < -0.4 is 10.6 Å². The third-order valence-corrected chi connectivity index (χ3v) is 2.94.